The fourth-order valence-corrected chi connectivity index (χ4v) is 3.80. The molecule has 3 aromatic rings. The highest BCUT2D eigenvalue weighted by atomic mass is 35.5. The van der Waals surface area contributed by atoms with Crippen LogP contribution >= 0.6 is 11.6 Å². The van der Waals surface area contributed by atoms with Crippen molar-refractivity contribution in [3.05, 3.63) is 70.6 Å². The molecule has 7 nitrogen and oxygen atoms in total. The van der Waals surface area contributed by atoms with Gasteiger partial charge in [-0.05, 0) is 48.4 Å². The molecule has 5 rings (SSSR count). The Balaban J connectivity index is 1.35. The first-order chi connectivity index (χ1) is 14.1. The highest BCUT2D eigenvalue weighted by Gasteiger charge is 2.27. The Morgan fingerprint density at radius 1 is 1.07 bits per heavy atom. The van der Waals surface area contributed by atoms with E-state index in [-0.39, 0.29) is 18.6 Å². The Morgan fingerprint density at radius 2 is 1.97 bits per heavy atom. The van der Waals surface area contributed by atoms with Gasteiger partial charge < -0.3 is 24.1 Å². The molecule has 29 heavy (non-hydrogen) atoms. The minimum absolute atomic E-state index is 0.0823. The highest BCUT2D eigenvalue weighted by molar-refractivity contribution is 6.32. The fourth-order valence-electron chi connectivity index (χ4n) is 3.53. The Bertz CT molecular complexity index is 1130. The summed E-state index contributed by atoms with van der Waals surface area (Å²) in [6.07, 6.45) is 3.62. The summed E-state index contributed by atoms with van der Waals surface area (Å²) < 4.78 is 15.6. The smallest absolute Gasteiger partial charge is 0.261 e. The quantitative estimate of drug-likeness (QED) is 0.702. The van der Waals surface area contributed by atoms with E-state index in [0.717, 1.165) is 11.3 Å². The van der Waals surface area contributed by atoms with Crippen LogP contribution in [0.15, 0.2) is 53.3 Å². The lowest BCUT2D eigenvalue weighted by atomic mass is 10.1. The molecule has 0 bridgehead atoms. The molecule has 3 heterocycles. The second-order valence-corrected chi connectivity index (χ2v) is 7.12. The van der Waals surface area contributed by atoms with Gasteiger partial charge in [0, 0.05) is 23.5 Å². The van der Waals surface area contributed by atoms with Gasteiger partial charge in [-0.2, -0.15) is 0 Å². The summed E-state index contributed by atoms with van der Waals surface area (Å²) >= 11 is 6.16. The molecule has 0 saturated carbocycles. The van der Waals surface area contributed by atoms with Crippen molar-refractivity contribution in [3.8, 4) is 11.5 Å². The Kier molecular flexibility index (Phi) is 4.17. The summed E-state index contributed by atoms with van der Waals surface area (Å²) in [4.78, 5) is 27.0. The molecule has 146 valence electrons. The summed E-state index contributed by atoms with van der Waals surface area (Å²) in [7, 11) is 0. The first-order valence-electron chi connectivity index (χ1n) is 8.97. The number of anilines is 2. The van der Waals surface area contributed by atoms with E-state index in [9.17, 15) is 9.59 Å². The molecule has 0 unspecified atom stereocenters. The number of amides is 2. The number of ether oxygens (including phenoxy) is 2. The maximum absolute atomic E-state index is 12.7. The zero-order valence-corrected chi connectivity index (χ0v) is 15.9. The molecule has 2 aromatic carbocycles. The average Bonchev–Trinajstić information content (AvgIpc) is 3.47. The van der Waals surface area contributed by atoms with Crippen molar-refractivity contribution in [2.24, 2.45) is 0 Å². The van der Waals surface area contributed by atoms with Crippen LogP contribution < -0.4 is 19.7 Å². The Labute approximate surface area is 170 Å². The fraction of sp³-hybridized carbons (Fsp3) is 0.143. The van der Waals surface area contributed by atoms with Gasteiger partial charge in [0.05, 0.1) is 16.8 Å². The van der Waals surface area contributed by atoms with Crippen molar-refractivity contribution < 1.29 is 23.5 Å². The number of benzene rings is 2. The number of carbonyl (C=O) groups is 2. The maximum Gasteiger partial charge on any atom is 0.261 e. The molecule has 0 atom stereocenters. The van der Waals surface area contributed by atoms with E-state index in [1.165, 1.54) is 12.5 Å². The molecular weight excluding hydrogens is 396 g/mol. The van der Waals surface area contributed by atoms with E-state index < -0.39 is 0 Å². The largest absolute Gasteiger partial charge is 0.472 e. The van der Waals surface area contributed by atoms with Crippen molar-refractivity contribution in [1.29, 1.82) is 0 Å². The van der Waals surface area contributed by atoms with E-state index in [4.69, 9.17) is 25.5 Å². The first-order valence-corrected chi connectivity index (χ1v) is 9.35. The number of hydrogen-bond acceptors (Lipinski definition) is 5. The van der Waals surface area contributed by atoms with Crippen molar-refractivity contribution in [2.75, 3.05) is 23.6 Å². The minimum atomic E-state index is -0.311. The number of nitrogens with zero attached hydrogens (tertiary/aromatic N) is 1. The van der Waals surface area contributed by atoms with Gasteiger partial charge in [-0.25, -0.2) is 0 Å². The van der Waals surface area contributed by atoms with Gasteiger partial charge in [-0.1, -0.05) is 11.6 Å². The van der Waals surface area contributed by atoms with Crippen LogP contribution in [0.4, 0.5) is 11.4 Å². The zero-order chi connectivity index (χ0) is 20.0. The van der Waals surface area contributed by atoms with Crippen molar-refractivity contribution >= 4 is 34.8 Å². The number of nitrogens with one attached hydrogen (secondary N) is 1. The normalized spacial score (nSPS) is 14.0. The lowest BCUT2D eigenvalue weighted by Crippen LogP contribution is -2.28. The van der Waals surface area contributed by atoms with Crippen LogP contribution in [0.1, 0.15) is 26.3 Å². The van der Waals surface area contributed by atoms with Crippen LogP contribution in [0.5, 0.6) is 11.5 Å². The summed E-state index contributed by atoms with van der Waals surface area (Å²) in [6, 6.07) is 10.3. The molecule has 0 saturated heterocycles. The summed E-state index contributed by atoms with van der Waals surface area (Å²) in [5.41, 5.74) is 3.34. The van der Waals surface area contributed by atoms with Gasteiger partial charge in [0.1, 0.15) is 6.26 Å². The van der Waals surface area contributed by atoms with Crippen LogP contribution in [0.25, 0.3) is 0 Å². The predicted molar refractivity (Wildman–Crippen MR) is 106 cm³/mol. The van der Waals surface area contributed by atoms with E-state index in [0.29, 0.717) is 46.3 Å². The van der Waals surface area contributed by atoms with E-state index in [1.54, 1.807) is 29.2 Å². The molecule has 0 radical (unpaired) electrons. The molecular formula is C21H15ClN2O5. The highest BCUT2D eigenvalue weighted by Crippen LogP contribution is 2.40. The second kappa shape index (κ2) is 6.86. The summed E-state index contributed by atoms with van der Waals surface area (Å²) in [5.74, 6) is 0.479. The standard InChI is InChI=1S/C21H15ClN2O5/c22-16-8-14(9-18-19(16)29-11-28-18)20(25)23-15-1-2-17-12(7-15)3-5-24(17)21(26)13-4-6-27-10-13/h1-2,4,6-10H,3,5,11H2,(H,23,25). The van der Waals surface area contributed by atoms with Gasteiger partial charge in [-0.3, -0.25) is 9.59 Å². The monoisotopic (exact) mass is 410 g/mol. The molecule has 2 aliphatic heterocycles. The van der Waals surface area contributed by atoms with E-state index in [1.807, 2.05) is 12.1 Å². The van der Waals surface area contributed by atoms with Gasteiger partial charge in [0.15, 0.2) is 11.5 Å². The third kappa shape index (κ3) is 3.09. The summed E-state index contributed by atoms with van der Waals surface area (Å²) in [6.45, 7) is 0.660. The molecule has 0 aliphatic carbocycles. The molecule has 2 aliphatic rings. The number of furan rings is 1. The Hall–Kier alpha value is -3.45. The number of fused-ring (bicyclic) bond motifs is 2. The zero-order valence-electron chi connectivity index (χ0n) is 15.1. The summed E-state index contributed by atoms with van der Waals surface area (Å²) in [5, 5.41) is 3.19. The molecule has 1 N–H and O–H groups in total. The van der Waals surface area contributed by atoms with E-state index in [2.05, 4.69) is 5.32 Å². The van der Waals surface area contributed by atoms with Crippen molar-refractivity contribution in [1.82, 2.24) is 0 Å². The topological polar surface area (TPSA) is 81.0 Å². The van der Waals surface area contributed by atoms with Crippen LogP contribution in [0, 0.1) is 0 Å². The van der Waals surface area contributed by atoms with Crippen LogP contribution in [0.2, 0.25) is 5.02 Å². The predicted octanol–water partition coefficient (Wildman–Crippen LogP) is 4.12. The molecule has 0 spiro atoms. The third-order valence-corrected chi connectivity index (χ3v) is 5.22. The van der Waals surface area contributed by atoms with Gasteiger partial charge in [0.2, 0.25) is 6.79 Å². The van der Waals surface area contributed by atoms with Gasteiger partial charge in [0.25, 0.3) is 11.8 Å². The molecule has 8 heteroatoms. The number of carbonyl (C=O) groups excluding carboxylic acids is 2. The van der Waals surface area contributed by atoms with Crippen molar-refractivity contribution in [2.45, 2.75) is 6.42 Å². The molecule has 0 fully saturated rings. The average molecular weight is 411 g/mol. The van der Waals surface area contributed by atoms with Crippen LogP contribution in [-0.4, -0.2) is 25.2 Å². The second-order valence-electron chi connectivity index (χ2n) is 6.71. The number of hydrogen-bond donors (Lipinski definition) is 1. The van der Waals surface area contributed by atoms with E-state index >= 15 is 0 Å². The lowest BCUT2D eigenvalue weighted by molar-refractivity contribution is 0.0987. The van der Waals surface area contributed by atoms with Crippen LogP contribution in [0.3, 0.4) is 0 Å². The third-order valence-electron chi connectivity index (χ3n) is 4.94. The van der Waals surface area contributed by atoms with Gasteiger partial charge >= 0.3 is 0 Å². The number of halogens is 1. The van der Waals surface area contributed by atoms with Gasteiger partial charge in [-0.15, -0.1) is 0 Å². The first kappa shape index (κ1) is 17.6. The Morgan fingerprint density at radius 3 is 2.79 bits per heavy atom. The molecule has 1 aromatic heterocycles. The van der Waals surface area contributed by atoms with Crippen LogP contribution in [-0.2, 0) is 6.42 Å². The lowest BCUT2D eigenvalue weighted by Gasteiger charge is -2.16. The molecule has 2 amide bonds. The minimum Gasteiger partial charge on any atom is -0.472 e. The number of rotatable bonds is 3. The van der Waals surface area contributed by atoms with Crippen molar-refractivity contribution in [3.63, 3.8) is 0 Å². The maximum atomic E-state index is 12.7. The SMILES string of the molecule is O=C(Nc1ccc2c(c1)CCN2C(=O)c1ccoc1)c1cc(Cl)c2c(c1)OCO2.